The van der Waals surface area contributed by atoms with Gasteiger partial charge in [0, 0.05) is 5.92 Å². The standard InChI is InChI=1S/C10H18O4/c1-10(2)13-8-4-3-6(7(12)5-11)9(8)14-10/h6-9,11-12H,3-5H2,1-2H3/t6-,7?,8-,9?/m0/s1. The highest BCUT2D eigenvalue weighted by Gasteiger charge is 2.50. The maximum atomic E-state index is 9.59. The summed E-state index contributed by atoms with van der Waals surface area (Å²) in [6.07, 6.45) is 1.15. The molecule has 1 saturated heterocycles. The number of hydrogen-bond acceptors (Lipinski definition) is 4. The van der Waals surface area contributed by atoms with Gasteiger partial charge in [-0.1, -0.05) is 0 Å². The molecule has 4 nitrogen and oxygen atoms in total. The first kappa shape index (κ1) is 10.4. The second-order valence-electron chi connectivity index (χ2n) is 4.63. The Kier molecular flexibility index (Phi) is 2.55. The van der Waals surface area contributed by atoms with Gasteiger partial charge in [-0.3, -0.25) is 0 Å². The van der Waals surface area contributed by atoms with Gasteiger partial charge in [-0.15, -0.1) is 0 Å². The highest BCUT2D eigenvalue weighted by Crippen LogP contribution is 2.42. The first-order valence-corrected chi connectivity index (χ1v) is 5.18. The molecule has 0 aromatic rings. The first-order valence-electron chi connectivity index (χ1n) is 5.18. The first-order chi connectivity index (χ1) is 6.53. The molecule has 1 saturated carbocycles. The van der Waals surface area contributed by atoms with Crippen LogP contribution in [-0.4, -0.2) is 40.9 Å². The minimum absolute atomic E-state index is 0.0202. The van der Waals surface area contributed by atoms with E-state index in [0.29, 0.717) is 0 Å². The summed E-state index contributed by atoms with van der Waals surface area (Å²) in [7, 11) is 0. The summed E-state index contributed by atoms with van der Waals surface area (Å²) < 4.78 is 11.4. The van der Waals surface area contributed by atoms with Crippen molar-refractivity contribution >= 4 is 0 Å². The summed E-state index contributed by atoms with van der Waals surface area (Å²) in [5.74, 6) is -0.518. The normalized spacial score (nSPS) is 42.4. The fourth-order valence-corrected chi connectivity index (χ4v) is 2.52. The highest BCUT2D eigenvalue weighted by molar-refractivity contribution is 4.95. The second kappa shape index (κ2) is 3.45. The highest BCUT2D eigenvalue weighted by atomic mass is 16.8. The van der Waals surface area contributed by atoms with E-state index in [1.165, 1.54) is 0 Å². The van der Waals surface area contributed by atoms with Crippen LogP contribution in [0.2, 0.25) is 0 Å². The number of rotatable bonds is 2. The Morgan fingerprint density at radius 3 is 2.71 bits per heavy atom. The molecule has 0 bridgehead atoms. The van der Waals surface area contributed by atoms with Gasteiger partial charge in [0.2, 0.25) is 0 Å². The SMILES string of the molecule is CC1(C)OC2[C@H](C(O)CO)CC[C@@H]2O1. The summed E-state index contributed by atoms with van der Waals surface area (Å²) >= 11 is 0. The molecule has 0 radical (unpaired) electrons. The Morgan fingerprint density at radius 1 is 1.36 bits per heavy atom. The fraction of sp³-hybridized carbons (Fsp3) is 1.00. The molecule has 2 N–H and O–H groups in total. The smallest absolute Gasteiger partial charge is 0.163 e. The van der Waals surface area contributed by atoms with Crippen LogP contribution in [0.25, 0.3) is 0 Å². The zero-order valence-corrected chi connectivity index (χ0v) is 8.64. The van der Waals surface area contributed by atoms with E-state index in [2.05, 4.69) is 0 Å². The Hall–Kier alpha value is -0.160. The van der Waals surface area contributed by atoms with E-state index in [1.807, 2.05) is 13.8 Å². The second-order valence-corrected chi connectivity index (χ2v) is 4.63. The topological polar surface area (TPSA) is 58.9 Å². The average Bonchev–Trinajstić information content (AvgIpc) is 2.58. The average molecular weight is 202 g/mol. The molecule has 1 aliphatic heterocycles. The van der Waals surface area contributed by atoms with Crippen LogP contribution in [-0.2, 0) is 9.47 Å². The minimum Gasteiger partial charge on any atom is -0.394 e. The van der Waals surface area contributed by atoms with Crippen molar-refractivity contribution in [3.05, 3.63) is 0 Å². The van der Waals surface area contributed by atoms with Gasteiger partial charge >= 0.3 is 0 Å². The summed E-state index contributed by atoms with van der Waals surface area (Å²) in [6, 6.07) is 0. The molecule has 4 heteroatoms. The summed E-state index contributed by atoms with van der Waals surface area (Å²) in [6.45, 7) is 3.57. The maximum Gasteiger partial charge on any atom is 0.163 e. The summed E-state index contributed by atoms with van der Waals surface area (Å²) in [5.41, 5.74) is 0. The molecule has 2 unspecified atom stereocenters. The third-order valence-electron chi connectivity index (χ3n) is 3.11. The Morgan fingerprint density at radius 2 is 2.07 bits per heavy atom. The third kappa shape index (κ3) is 1.67. The lowest BCUT2D eigenvalue weighted by molar-refractivity contribution is -0.161. The van der Waals surface area contributed by atoms with Crippen LogP contribution in [0, 0.1) is 5.92 Å². The lowest BCUT2D eigenvalue weighted by Crippen LogP contribution is -2.34. The molecule has 2 rings (SSSR count). The van der Waals surface area contributed by atoms with Crippen molar-refractivity contribution in [2.45, 2.75) is 50.8 Å². The van der Waals surface area contributed by atoms with Crippen LogP contribution in [0.3, 0.4) is 0 Å². The number of ether oxygens (including phenoxy) is 2. The van der Waals surface area contributed by atoms with Crippen molar-refractivity contribution in [2.75, 3.05) is 6.61 Å². The largest absolute Gasteiger partial charge is 0.394 e. The van der Waals surface area contributed by atoms with E-state index < -0.39 is 11.9 Å². The maximum absolute atomic E-state index is 9.59. The predicted octanol–water partition coefficient (Wildman–Crippen LogP) is 0.270. The molecule has 0 aromatic carbocycles. The van der Waals surface area contributed by atoms with E-state index in [-0.39, 0.29) is 24.7 Å². The quantitative estimate of drug-likeness (QED) is 0.675. The van der Waals surface area contributed by atoms with Gasteiger partial charge in [-0.25, -0.2) is 0 Å². The van der Waals surface area contributed by atoms with Crippen LogP contribution < -0.4 is 0 Å². The van der Waals surface area contributed by atoms with Crippen molar-refractivity contribution in [3.8, 4) is 0 Å². The van der Waals surface area contributed by atoms with Crippen LogP contribution >= 0.6 is 0 Å². The van der Waals surface area contributed by atoms with Crippen molar-refractivity contribution in [1.82, 2.24) is 0 Å². The molecule has 2 fully saturated rings. The Labute approximate surface area is 83.8 Å². The number of hydrogen-bond donors (Lipinski definition) is 2. The summed E-state index contributed by atoms with van der Waals surface area (Å²) in [5, 5.41) is 18.5. The number of aliphatic hydroxyl groups is 2. The molecule has 1 heterocycles. The van der Waals surface area contributed by atoms with Crippen molar-refractivity contribution in [2.24, 2.45) is 5.92 Å². The molecule has 4 atom stereocenters. The lowest BCUT2D eigenvalue weighted by atomic mass is 9.99. The van der Waals surface area contributed by atoms with E-state index in [4.69, 9.17) is 14.6 Å². The minimum atomic E-state index is -0.678. The summed E-state index contributed by atoms with van der Waals surface area (Å²) in [4.78, 5) is 0. The number of aliphatic hydroxyl groups excluding tert-OH is 2. The monoisotopic (exact) mass is 202 g/mol. The van der Waals surface area contributed by atoms with E-state index in [9.17, 15) is 5.11 Å². The Bertz CT molecular complexity index is 216. The molecule has 82 valence electrons. The zero-order valence-electron chi connectivity index (χ0n) is 8.64. The lowest BCUT2D eigenvalue weighted by Gasteiger charge is -2.24. The van der Waals surface area contributed by atoms with Crippen LogP contribution in [0.15, 0.2) is 0 Å². The molecule has 2 aliphatic rings. The zero-order chi connectivity index (χ0) is 10.3. The molecular weight excluding hydrogens is 184 g/mol. The fourth-order valence-electron chi connectivity index (χ4n) is 2.52. The molecule has 0 amide bonds. The predicted molar refractivity (Wildman–Crippen MR) is 49.6 cm³/mol. The van der Waals surface area contributed by atoms with E-state index >= 15 is 0 Å². The third-order valence-corrected chi connectivity index (χ3v) is 3.11. The van der Waals surface area contributed by atoms with Crippen molar-refractivity contribution < 1.29 is 19.7 Å². The molecule has 14 heavy (non-hydrogen) atoms. The van der Waals surface area contributed by atoms with Crippen LogP contribution in [0.5, 0.6) is 0 Å². The van der Waals surface area contributed by atoms with Gasteiger partial charge in [0.15, 0.2) is 5.79 Å². The molecule has 0 spiro atoms. The van der Waals surface area contributed by atoms with Gasteiger partial charge in [0.25, 0.3) is 0 Å². The molecular formula is C10H18O4. The van der Waals surface area contributed by atoms with Gasteiger partial charge in [-0.05, 0) is 26.7 Å². The number of fused-ring (bicyclic) bond motifs is 1. The van der Waals surface area contributed by atoms with Gasteiger partial charge in [0.05, 0.1) is 24.9 Å². The van der Waals surface area contributed by atoms with Crippen LogP contribution in [0.4, 0.5) is 0 Å². The molecule has 0 aromatic heterocycles. The van der Waals surface area contributed by atoms with Gasteiger partial charge in [-0.2, -0.15) is 0 Å². The van der Waals surface area contributed by atoms with Crippen LogP contribution in [0.1, 0.15) is 26.7 Å². The Balaban J connectivity index is 2.04. The van der Waals surface area contributed by atoms with Crippen molar-refractivity contribution in [1.29, 1.82) is 0 Å². The van der Waals surface area contributed by atoms with Gasteiger partial charge < -0.3 is 19.7 Å². The van der Waals surface area contributed by atoms with E-state index in [1.54, 1.807) is 0 Å². The molecule has 1 aliphatic carbocycles. The van der Waals surface area contributed by atoms with Gasteiger partial charge in [0.1, 0.15) is 0 Å². The van der Waals surface area contributed by atoms with Crippen molar-refractivity contribution in [3.63, 3.8) is 0 Å². The van der Waals surface area contributed by atoms with E-state index in [0.717, 1.165) is 12.8 Å².